The number of anilines is 1. The molecule has 0 radical (unpaired) electrons. The minimum atomic E-state index is -0.367. The minimum Gasteiger partial charge on any atom is -0.274 e. The van der Waals surface area contributed by atoms with Gasteiger partial charge in [-0.25, -0.2) is 4.39 Å². The summed E-state index contributed by atoms with van der Waals surface area (Å²) in [5.74, 6) is -0.461. The van der Waals surface area contributed by atoms with Gasteiger partial charge in [0.2, 0.25) is 11.8 Å². The second kappa shape index (κ2) is 4.44. The fourth-order valence-corrected chi connectivity index (χ4v) is 3.23. The molecule has 3 nitrogen and oxygen atoms in total. The van der Waals surface area contributed by atoms with Crippen LogP contribution in [0.1, 0.15) is 26.2 Å². The molecule has 1 aliphatic heterocycles. The number of imide groups is 1. The Bertz CT molecular complexity index is 525. The van der Waals surface area contributed by atoms with E-state index in [1.807, 2.05) is 0 Å². The summed E-state index contributed by atoms with van der Waals surface area (Å²) in [6.07, 6.45) is 2.57. The van der Waals surface area contributed by atoms with Crippen LogP contribution in [0.2, 0.25) is 0 Å². The molecule has 0 unspecified atom stereocenters. The second-order valence-electron chi connectivity index (χ2n) is 5.62. The predicted molar refractivity (Wildman–Crippen MR) is 68.9 cm³/mol. The number of fused-ring (bicyclic) bond motifs is 1. The monoisotopic (exact) mass is 261 g/mol. The van der Waals surface area contributed by atoms with E-state index in [0.29, 0.717) is 11.6 Å². The van der Waals surface area contributed by atoms with Crippen LogP contribution in [0.15, 0.2) is 24.3 Å². The zero-order valence-electron chi connectivity index (χ0n) is 10.8. The maximum atomic E-state index is 12.9. The summed E-state index contributed by atoms with van der Waals surface area (Å²) in [5.41, 5.74) is 0.485. The van der Waals surface area contributed by atoms with E-state index in [1.54, 1.807) is 0 Å². The smallest absolute Gasteiger partial charge is 0.237 e. The molecule has 1 aliphatic carbocycles. The number of halogens is 1. The third kappa shape index (κ3) is 1.95. The van der Waals surface area contributed by atoms with Crippen molar-refractivity contribution in [3.05, 3.63) is 30.1 Å². The van der Waals surface area contributed by atoms with Crippen LogP contribution in [0, 0.1) is 23.6 Å². The molecule has 1 aromatic carbocycles. The lowest BCUT2D eigenvalue weighted by molar-refractivity contribution is -0.122. The molecular weight excluding hydrogens is 245 g/mol. The number of rotatable bonds is 1. The Balaban J connectivity index is 1.93. The highest BCUT2D eigenvalue weighted by Crippen LogP contribution is 2.42. The third-order valence-corrected chi connectivity index (χ3v) is 4.27. The van der Waals surface area contributed by atoms with E-state index in [9.17, 15) is 14.0 Å². The quantitative estimate of drug-likeness (QED) is 0.729. The summed E-state index contributed by atoms with van der Waals surface area (Å²) in [7, 11) is 0. The van der Waals surface area contributed by atoms with Crippen LogP contribution in [0.25, 0.3) is 0 Å². The maximum absolute atomic E-state index is 12.9. The van der Waals surface area contributed by atoms with Crippen molar-refractivity contribution < 1.29 is 14.0 Å². The highest BCUT2D eigenvalue weighted by molar-refractivity contribution is 6.22. The number of hydrogen-bond acceptors (Lipinski definition) is 2. The standard InChI is InChI=1S/C15H16FNO2/c1-9-2-7-12-13(8-9)15(19)17(14(12)18)11-5-3-10(16)4-6-11/h3-6,9,12-13H,2,7-8H2,1H3/t9-,12+,13+/m1/s1. The Hall–Kier alpha value is -1.71. The van der Waals surface area contributed by atoms with E-state index < -0.39 is 0 Å². The Morgan fingerprint density at radius 3 is 2.37 bits per heavy atom. The van der Waals surface area contributed by atoms with Gasteiger partial charge in [0.15, 0.2) is 0 Å². The molecule has 0 aromatic heterocycles. The summed E-state index contributed by atoms with van der Waals surface area (Å²) in [6, 6.07) is 5.54. The lowest BCUT2D eigenvalue weighted by Crippen LogP contribution is -2.30. The van der Waals surface area contributed by atoms with Crippen molar-refractivity contribution in [2.75, 3.05) is 4.90 Å². The Labute approximate surface area is 111 Å². The minimum absolute atomic E-state index is 0.117. The average molecular weight is 261 g/mol. The van der Waals surface area contributed by atoms with Gasteiger partial charge in [0.25, 0.3) is 0 Å². The van der Waals surface area contributed by atoms with Crippen LogP contribution < -0.4 is 4.90 Å². The van der Waals surface area contributed by atoms with Crippen LogP contribution >= 0.6 is 0 Å². The molecule has 1 saturated heterocycles. The Morgan fingerprint density at radius 1 is 1.05 bits per heavy atom. The fraction of sp³-hybridized carbons (Fsp3) is 0.467. The fourth-order valence-electron chi connectivity index (χ4n) is 3.23. The molecule has 1 saturated carbocycles. The molecular formula is C15H16FNO2. The first kappa shape index (κ1) is 12.3. The van der Waals surface area contributed by atoms with Crippen molar-refractivity contribution >= 4 is 17.5 Å². The molecule has 19 heavy (non-hydrogen) atoms. The van der Waals surface area contributed by atoms with E-state index in [2.05, 4.69) is 6.92 Å². The van der Waals surface area contributed by atoms with Crippen molar-refractivity contribution in [3.8, 4) is 0 Å². The third-order valence-electron chi connectivity index (χ3n) is 4.27. The highest BCUT2D eigenvalue weighted by atomic mass is 19.1. The van der Waals surface area contributed by atoms with Crippen LogP contribution in [0.3, 0.4) is 0 Å². The normalized spacial score (nSPS) is 30.6. The molecule has 0 bridgehead atoms. The van der Waals surface area contributed by atoms with Gasteiger partial charge in [-0.1, -0.05) is 6.92 Å². The Kier molecular flexibility index (Phi) is 2.88. The lowest BCUT2D eigenvalue weighted by Gasteiger charge is -2.25. The van der Waals surface area contributed by atoms with Crippen LogP contribution in [-0.4, -0.2) is 11.8 Å². The zero-order valence-corrected chi connectivity index (χ0v) is 10.8. The van der Waals surface area contributed by atoms with E-state index >= 15 is 0 Å². The molecule has 1 heterocycles. The number of benzene rings is 1. The first-order valence-electron chi connectivity index (χ1n) is 6.71. The number of hydrogen-bond donors (Lipinski definition) is 0. The molecule has 100 valence electrons. The first-order valence-corrected chi connectivity index (χ1v) is 6.71. The van der Waals surface area contributed by atoms with E-state index in [0.717, 1.165) is 19.3 Å². The number of nitrogens with zero attached hydrogens (tertiary/aromatic N) is 1. The number of carbonyl (C=O) groups excluding carboxylic acids is 2. The van der Waals surface area contributed by atoms with Crippen molar-refractivity contribution in [1.29, 1.82) is 0 Å². The SMILES string of the molecule is C[C@@H]1CC[C@@H]2C(=O)N(c3ccc(F)cc3)C(=O)[C@H]2C1. The molecule has 3 rings (SSSR count). The van der Waals surface area contributed by atoms with Crippen molar-refractivity contribution in [3.63, 3.8) is 0 Å². The summed E-state index contributed by atoms with van der Waals surface area (Å²) in [6.45, 7) is 2.12. The molecule has 3 atom stereocenters. The average Bonchev–Trinajstić information content (AvgIpc) is 2.63. The summed E-state index contributed by atoms with van der Waals surface area (Å²) < 4.78 is 12.9. The topological polar surface area (TPSA) is 37.4 Å². The maximum Gasteiger partial charge on any atom is 0.237 e. The Morgan fingerprint density at radius 2 is 1.68 bits per heavy atom. The van der Waals surface area contributed by atoms with Crippen LogP contribution in [-0.2, 0) is 9.59 Å². The van der Waals surface area contributed by atoms with Crippen LogP contribution in [0.5, 0.6) is 0 Å². The predicted octanol–water partition coefficient (Wildman–Crippen LogP) is 2.75. The van der Waals surface area contributed by atoms with Gasteiger partial charge in [0.05, 0.1) is 17.5 Å². The van der Waals surface area contributed by atoms with Gasteiger partial charge < -0.3 is 0 Å². The molecule has 0 spiro atoms. The molecule has 4 heteroatoms. The van der Waals surface area contributed by atoms with Gasteiger partial charge in [-0.3, -0.25) is 14.5 Å². The van der Waals surface area contributed by atoms with E-state index in [1.165, 1.54) is 29.2 Å². The van der Waals surface area contributed by atoms with Crippen LogP contribution in [0.4, 0.5) is 10.1 Å². The molecule has 0 N–H and O–H groups in total. The van der Waals surface area contributed by atoms with Gasteiger partial charge in [0.1, 0.15) is 5.82 Å². The molecule has 2 amide bonds. The summed E-state index contributed by atoms with van der Waals surface area (Å²) in [5, 5.41) is 0. The number of carbonyl (C=O) groups is 2. The van der Waals surface area contributed by atoms with Gasteiger partial charge in [-0.2, -0.15) is 0 Å². The first-order chi connectivity index (χ1) is 9.08. The van der Waals surface area contributed by atoms with Gasteiger partial charge in [0, 0.05) is 0 Å². The molecule has 1 aromatic rings. The highest BCUT2D eigenvalue weighted by Gasteiger charge is 2.49. The van der Waals surface area contributed by atoms with Crippen molar-refractivity contribution in [1.82, 2.24) is 0 Å². The van der Waals surface area contributed by atoms with Crippen molar-refractivity contribution in [2.24, 2.45) is 17.8 Å². The van der Waals surface area contributed by atoms with Gasteiger partial charge >= 0.3 is 0 Å². The second-order valence-corrected chi connectivity index (χ2v) is 5.62. The largest absolute Gasteiger partial charge is 0.274 e. The number of amides is 2. The van der Waals surface area contributed by atoms with E-state index in [4.69, 9.17) is 0 Å². The van der Waals surface area contributed by atoms with Gasteiger partial charge in [-0.05, 0) is 49.4 Å². The summed E-state index contributed by atoms with van der Waals surface area (Å²) in [4.78, 5) is 26.0. The lowest BCUT2D eigenvalue weighted by atomic mass is 9.76. The van der Waals surface area contributed by atoms with Gasteiger partial charge in [-0.15, -0.1) is 0 Å². The summed E-state index contributed by atoms with van der Waals surface area (Å²) >= 11 is 0. The zero-order chi connectivity index (χ0) is 13.6. The van der Waals surface area contributed by atoms with E-state index in [-0.39, 0.29) is 29.5 Å². The molecule has 2 fully saturated rings. The molecule has 2 aliphatic rings. The van der Waals surface area contributed by atoms with Crippen molar-refractivity contribution in [2.45, 2.75) is 26.2 Å².